The largest absolute Gasteiger partial charge is 0.493 e. The lowest BCUT2D eigenvalue weighted by Gasteiger charge is -2.18. The maximum atomic E-state index is 10.4. The number of aryl methyl sites for hydroxylation is 3. The van der Waals surface area contributed by atoms with Crippen LogP contribution in [0.2, 0.25) is 0 Å². The van der Waals surface area contributed by atoms with Crippen LogP contribution >= 0.6 is 0 Å². The Labute approximate surface area is 265 Å². The number of benzene rings is 4. The van der Waals surface area contributed by atoms with Crippen molar-refractivity contribution in [1.82, 2.24) is 0 Å². The van der Waals surface area contributed by atoms with E-state index in [1.165, 1.54) is 41.8 Å². The molecule has 7 nitrogen and oxygen atoms in total. The summed E-state index contributed by atoms with van der Waals surface area (Å²) in [5.74, 6) is 2.86. The molecule has 0 aromatic heterocycles. The van der Waals surface area contributed by atoms with Gasteiger partial charge in [0.1, 0.15) is 23.9 Å². The van der Waals surface area contributed by atoms with E-state index in [9.17, 15) is 4.79 Å². The van der Waals surface area contributed by atoms with Crippen LogP contribution in [0.3, 0.4) is 0 Å². The molecule has 1 aliphatic carbocycles. The van der Waals surface area contributed by atoms with Crippen molar-refractivity contribution in [2.24, 2.45) is 5.92 Å². The Morgan fingerprint density at radius 1 is 0.822 bits per heavy atom. The van der Waals surface area contributed by atoms with Crippen molar-refractivity contribution in [2.45, 2.75) is 65.3 Å². The topological polar surface area (TPSA) is 90.4 Å². The molecule has 3 unspecified atom stereocenters. The number of ether oxygens (including phenoxy) is 5. The number of epoxide rings is 1. The van der Waals surface area contributed by atoms with Gasteiger partial charge in [-0.1, -0.05) is 47.5 Å². The monoisotopic (exact) mass is 609 g/mol. The third kappa shape index (κ3) is 9.40. The first-order chi connectivity index (χ1) is 21.9. The van der Waals surface area contributed by atoms with Crippen molar-refractivity contribution in [1.29, 1.82) is 5.41 Å². The van der Waals surface area contributed by atoms with Gasteiger partial charge in [-0.15, -0.1) is 0 Å². The summed E-state index contributed by atoms with van der Waals surface area (Å²) < 4.78 is 27.9. The number of hydrogen-bond donors (Lipinski definition) is 1. The summed E-state index contributed by atoms with van der Waals surface area (Å²) in [5, 5.41) is 9.91. The molecule has 2 fully saturated rings. The van der Waals surface area contributed by atoms with Gasteiger partial charge in [-0.25, -0.2) is 0 Å². The predicted octanol–water partition coefficient (Wildman–Crippen LogP) is 7.92. The fraction of sp³-hybridized carbons (Fsp3) is 0.368. The Kier molecular flexibility index (Phi) is 11.2. The second kappa shape index (κ2) is 15.7. The molecule has 45 heavy (non-hydrogen) atoms. The molecule has 3 atom stereocenters. The van der Waals surface area contributed by atoms with E-state index in [4.69, 9.17) is 29.1 Å². The van der Waals surface area contributed by atoms with Crippen LogP contribution in [-0.4, -0.2) is 44.7 Å². The summed E-state index contributed by atoms with van der Waals surface area (Å²) in [6.07, 6.45) is 7.03. The normalized spacial score (nSPS) is 18.2. The van der Waals surface area contributed by atoms with Gasteiger partial charge >= 0.3 is 0 Å². The molecular weight excluding hydrogens is 566 g/mol. The summed E-state index contributed by atoms with van der Waals surface area (Å²) in [6.45, 7) is 9.14. The summed E-state index contributed by atoms with van der Waals surface area (Å²) in [7, 11) is 0. The average Bonchev–Trinajstić information content (AvgIpc) is 3.83. The van der Waals surface area contributed by atoms with E-state index in [0.29, 0.717) is 49.3 Å². The van der Waals surface area contributed by atoms with Crippen LogP contribution in [0.15, 0.2) is 72.8 Å². The number of hydrogen-bond acceptors (Lipinski definition) is 7. The predicted molar refractivity (Wildman–Crippen MR) is 177 cm³/mol. The zero-order valence-corrected chi connectivity index (χ0v) is 26.4. The highest BCUT2D eigenvalue weighted by molar-refractivity contribution is 5.84. The van der Waals surface area contributed by atoms with Gasteiger partial charge in [0.2, 0.25) is 0 Å². The van der Waals surface area contributed by atoms with Gasteiger partial charge in [0.25, 0.3) is 6.47 Å². The van der Waals surface area contributed by atoms with Crippen LogP contribution in [0.25, 0.3) is 10.8 Å². The van der Waals surface area contributed by atoms with Gasteiger partial charge < -0.3 is 29.1 Å². The van der Waals surface area contributed by atoms with E-state index in [1.54, 1.807) is 6.07 Å². The number of carbonyl (C=O) groups is 1. The smallest absolute Gasteiger partial charge is 0.298 e. The van der Waals surface area contributed by atoms with Crippen LogP contribution in [0.5, 0.6) is 17.2 Å². The molecule has 0 radical (unpaired) electrons. The Morgan fingerprint density at radius 2 is 1.60 bits per heavy atom. The zero-order valence-electron chi connectivity index (χ0n) is 26.4. The van der Waals surface area contributed by atoms with Gasteiger partial charge in [0.15, 0.2) is 0 Å². The second-order valence-corrected chi connectivity index (χ2v) is 12.0. The summed E-state index contributed by atoms with van der Waals surface area (Å²) >= 11 is 0. The highest BCUT2D eigenvalue weighted by atomic mass is 16.6. The minimum atomic E-state index is 0.395. The van der Waals surface area contributed by atoms with E-state index in [2.05, 4.69) is 43.3 Å². The first kappa shape index (κ1) is 32.2. The van der Waals surface area contributed by atoms with Crippen molar-refractivity contribution in [2.75, 3.05) is 19.8 Å². The number of nitrogens with one attached hydrogen (secondary N) is 1. The second-order valence-electron chi connectivity index (χ2n) is 12.0. The minimum absolute atomic E-state index is 0.395. The van der Waals surface area contributed by atoms with E-state index >= 15 is 0 Å². The summed E-state index contributed by atoms with van der Waals surface area (Å²) in [5.41, 5.74) is 4.98. The first-order valence-corrected chi connectivity index (χ1v) is 15.7. The Bertz CT molecular complexity index is 1600. The van der Waals surface area contributed by atoms with Crippen LogP contribution in [0.1, 0.15) is 53.5 Å². The average molecular weight is 610 g/mol. The molecule has 4 aromatic rings. The molecule has 0 bridgehead atoms. The molecule has 0 spiro atoms. The highest BCUT2D eigenvalue weighted by Crippen LogP contribution is 2.39. The van der Waals surface area contributed by atoms with Gasteiger partial charge in [-0.3, -0.25) is 4.79 Å². The van der Waals surface area contributed by atoms with Crippen LogP contribution < -0.4 is 14.2 Å². The van der Waals surface area contributed by atoms with Crippen LogP contribution in [-0.2, 0) is 20.9 Å². The van der Waals surface area contributed by atoms with Gasteiger partial charge in [-0.05, 0) is 104 Å². The molecule has 236 valence electrons. The molecule has 7 heteroatoms. The van der Waals surface area contributed by atoms with E-state index in [0.717, 1.165) is 47.6 Å². The standard InChI is InChI=1S/C21H26O3.C17H17NO3/c1-15-3-5-18-13-19(7-6-17(18)11-15)23-10-2-9-22-14-16-4-8-20-21(12-16)24-20;1-12-3-5-17(15(7-12)9-18)20-10-14-4-6-16(21-11-19)13(2)8-14/h3,5-7,11,13,16,20-21H,2,4,8-10,12,14H2,1H3;3-9,11,18H,10H2,1-2H3. The molecular formula is C38H43NO6. The van der Waals surface area contributed by atoms with E-state index in [-0.39, 0.29) is 0 Å². The van der Waals surface area contributed by atoms with Crippen molar-refractivity contribution in [3.05, 3.63) is 101 Å². The van der Waals surface area contributed by atoms with Crippen molar-refractivity contribution in [3.63, 3.8) is 0 Å². The maximum Gasteiger partial charge on any atom is 0.298 e. The third-order valence-corrected chi connectivity index (χ3v) is 8.26. The van der Waals surface area contributed by atoms with Gasteiger partial charge in [-0.2, -0.15) is 0 Å². The molecule has 1 saturated heterocycles. The highest BCUT2D eigenvalue weighted by Gasteiger charge is 2.43. The molecule has 1 heterocycles. The Balaban J connectivity index is 0.000000180. The fourth-order valence-electron chi connectivity index (χ4n) is 5.73. The number of rotatable bonds is 13. The third-order valence-electron chi connectivity index (χ3n) is 8.26. The summed E-state index contributed by atoms with van der Waals surface area (Å²) in [6, 6.07) is 24.0. The molecule has 1 saturated carbocycles. The molecule has 2 aliphatic rings. The number of carbonyl (C=O) groups excluding carboxylic acids is 1. The van der Waals surface area contributed by atoms with Crippen molar-refractivity contribution >= 4 is 23.5 Å². The lowest BCUT2D eigenvalue weighted by Crippen LogP contribution is -2.19. The molecule has 0 amide bonds. The SMILES string of the molecule is Cc1ccc(OCc2ccc(OC=O)c(C)c2)c(C=N)c1.Cc1ccc2cc(OCCCOCC3CCC4OC4C3)ccc2c1. The van der Waals surface area contributed by atoms with Crippen molar-refractivity contribution in [3.8, 4) is 17.2 Å². The van der Waals surface area contributed by atoms with E-state index < -0.39 is 0 Å². The Hall–Kier alpha value is -4.20. The molecule has 6 rings (SSSR count). The summed E-state index contributed by atoms with van der Waals surface area (Å²) in [4.78, 5) is 10.4. The van der Waals surface area contributed by atoms with Gasteiger partial charge in [0.05, 0.1) is 18.8 Å². The quantitative estimate of drug-likeness (QED) is 0.0717. The lowest BCUT2D eigenvalue weighted by molar-refractivity contribution is -0.120. The first-order valence-electron chi connectivity index (χ1n) is 15.7. The Morgan fingerprint density at radius 3 is 2.40 bits per heavy atom. The molecule has 1 aliphatic heterocycles. The van der Waals surface area contributed by atoms with Gasteiger partial charge in [0, 0.05) is 31.4 Å². The fourth-order valence-corrected chi connectivity index (χ4v) is 5.73. The van der Waals surface area contributed by atoms with Crippen molar-refractivity contribution < 1.29 is 28.5 Å². The van der Waals surface area contributed by atoms with E-state index in [1.807, 2.05) is 44.2 Å². The zero-order chi connectivity index (χ0) is 31.6. The minimum Gasteiger partial charge on any atom is -0.493 e. The molecule has 1 N–H and O–H groups in total. The lowest BCUT2D eigenvalue weighted by atomic mass is 9.90. The molecule has 4 aromatic carbocycles. The maximum absolute atomic E-state index is 10.4. The number of fused-ring (bicyclic) bond motifs is 2. The van der Waals surface area contributed by atoms with Crippen LogP contribution in [0.4, 0.5) is 0 Å². The van der Waals surface area contributed by atoms with Crippen LogP contribution in [0, 0.1) is 32.1 Å².